The van der Waals surface area contributed by atoms with Gasteiger partial charge in [0.2, 0.25) is 0 Å². The Kier molecular flexibility index (Phi) is 8.16. The van der Waals surface area contributed by atoms with Crippen LogP contribution in [0.5, 0.6) is 0 Å². The van der Waals surface area contributed by atoms with E-state index >= 15 is 0 Å². The number of pyridine rings is 1. The number of hydrogen-bond donors (Lipinski definition) is 2. The molecule has 0 spiro atoms. The normalized spacial score (nSPS) is 12.6. The summed E-state index contributed by atoms with van der Waals surface area (Å²) in [6.07, 6.45) is 2.90. The molecule has 2 N–H and O–H groups in total. The van der Waals surface area contributed by atoms with Crippen LogP contribution in [0.3, 0.4) is 0 Å². The van der Waals surface area contributed by atoms with Crippen LogP contribution in [-0.4, -0.2) is 23.5 Å². The van der Waals surface area contributed by atoms with Crippen molar-refractivity contribution < 1.29 is 0 Å². The average Bonchev–Trinajstić information content (AvgIpc) is 2.52. The van der Waals surface area contributed by atoms with Gasteiger partial charge in [-0.1, -0.05) is 31.2 Å². The Morgan fingerprint density at radius 3 is 2.73 bits per heavy atom. The molecule has 1 aromatic carbocycles. The van der Waals surface area contributed by atoms with Crippen molar-refractivity contribution in [3.63, 3.8) is 0 Å². The minimum atomic E-state index is 0. The molecule has 1 atom stereocenters. The van der Waals surface area contributed by atoms with Gasteiger partial charge in [0.05, 0.1) is 12.1 Å². The Bertz CT molecular complexity index is 607. The molecule has 0 bridgehead atoms. The van der Waals surface area contributed by atoms with Gasteiger partial charge in [0, 0.05) is 24.2 Å². The second-order valence-corrected chi connectivity index (χ2v) is 5.14. The maximum absolute atomic E-state index is 4.68. The van der Waals surface area contributed by atoms with Gasteiger partial charge in [-0.25, -0.2) is 4.99 Å². The molecule has 1 heterocycles. The topological polar surface area (TPSA) is 49.3 Å². The summed E-state index contributed by atoms with van der Waals surface area (Å²) in [7, 11) is 0. The number of fused-ring (bicyclic) bond motifs is 1. The van der Waals surface area contributed by atoms with Crippen LogP contribution >= 0.6 is 24.0 Å². The van der Waals surface area contributed by atoms with E-state index in [0.29, 0.717) is 12.6 Å². The first-order valence-corrected chi connectivity index (χ1v) is 7.62. The van der Waals surface area contributed by atoms with E-state index in [1.165, 1.54) is 0 Å². The number of aromatic nitrogens is 1. The lowest BCUT2D eigenvalue weighted by molar-refractivity contribution is 0.624. The molecule has 0 fully saturated rings. The lowest BCUT2D eigenvalue weighted by Gasteiger charge is -2.16. The van der Waals surface area contributed by atoms with Gasteiger partial charge in [-0.3, -0.25) is 4.98 Å². The van der Waals surface area contributed by atoms with Gasteiger partial charge in [-0.05, 0) is 31.9 Å². The predicted molar refractivity (Wildman–Crippen MR) is 105 cm³/mol. The molecule has 0 amide bonds. The molecule has 2 aromatic rings. The molecule has 0 radical (unpaired) electrons. The second-order valence-electron chi connectivity index (χ2n) is 5.14. The number of benzene rings is 1. The third-order valence-electron chi connectivity index (χ3n) is 3.46. The Hall–Kier alpha value is -1.37. The molecule has 2 rings (SSSR count). The number of aliphatic imine (C=N–C) groups is 1. The van der Waals surface area contributed by atoms with Crippen LogP contribution in [0.1, 0.15) is 32.8 Å². The quantitative estimate of drug-likeness (QED) is 0.447. The van der Waals surface area contributed by atoms with Crippen LogP contribution in [0.2, 0.25) is 0 Å². The second kappa shape index (κ2) is 9.61. The minimum absolute atomic E-state index is 0. The fraction of sp³-hybridized carbons (Fsp3) is 0.412. The molecule has 120 valence electrons. The Morgan fingerprint density at radius 2 is 2.00 bits per heavy atom. The zero-order valence-corrected chi connectivity index (χ0v) is 15.8. The number of halogens is 1. The van der Waals surface area contributed by atoms with Gasteiger partial charge >= 0.3 is 0 Å². The summed E-state index contributed by atoms with van der Waals surface area (Å²) in [5.41, 5.74) is 2.18. The van der Waals surface area contributed by atoms with Crippen molar-refractivity contribution in [2.24, 2.45) is 4.99 Å². The maximum Gasteiger partial charge on any atom is 0.191 e. The summed E-state index contributed by atoms with van der Waals surface area (Å²) in [4.78, 5) is 9.15. The fourth-order valence-electron chi connectivity index (χ4n) is 2.11. The number of hydrogen-bond acceptors (Lipinski definition) is 2. The predicted octanol–water partition coefficient (Wildman–Crippen LogP) is 3.71. The number of nitrogens with zero attached hydrogens (tertiary/aromatic N) is 2. The van der Waals surface area contributed by atoms with Crippen molar-refractivity contribution >= 4 is 40.8 Å². The minimum Gasteiger partial charge on any atom is -0.357 e. The van der Waals surface area contributed by atoms with E-state index in [2.05, 4.69) is 65.6 Å². The van der Waals surface area contributed by atoms with E-state index in [-0.39, 0.29) is 24.0 Å². The van der Waals surface area contributed by atoms with Crippen LogP contribution in [0.4, 0.5) is 0 Å². The van der Waals surface area contributed by atoms with Crippen LogP contribution in [0, 0.1) is 0 Å². The van der Waals surface area contributed by atoms with E-state index in [9.17, 15) is 0 Å². The first kappa shape index (κ1) is 18.7. The van der Waals surface area contributed by atoms with E-state index in [0.717, 1.165) is 35.4 Å². The summed E-state index contributed by atoms with van der Waals surface area (Å²) in [6.45, 7) is 7.88. The molecule has 0 aliphatic carbocycles. The zero-order valence-electron chi connectivity index (χ0n) is 13.5. The summed E-state index contributed by atoms with van der Waals surface area (Å²) >= 11 is 0. The van der Waals surface area contributed by atoms with Gasteiger partial charge in [-0.2, -0.15) is 0 Å². The smallest absolute Gasteiger partial charge is 0.191 e. The molecule has 0 saturated carbocycles. The Morgan fingerprint density at radius 1 is 1.23 bits per heavy atom. The zero-order chi connectivity index (χ0) is 15.1. The van der Waals surface area contributed by atoms with E-state index in [1.54, 1.807) is 0 Å². The molecular formula is C17H25IN4. The van der Waals surface area contributed by atoms with E-state index in [1.807, 2.05) is 12.3 Å². The van der Waals surface area contributed by atoms with Crippen LogP contribution < -0.4 is 10.6 Å². The van der Waals surface area contributed by atoms with Gasteiger partial charge in [0.15, 0.2) is 5.96 Å². The lowest BCUT2D eigenvalue weighted by atomic mass is 10.1. The Labute approximate surface area is 149 Å². The standard InChI is InChI=1S/C17H24N4.HI/c1-4-13(3)21-17(18-5-2)20-12-15-9-6-8-14-10-7-11-19-16(14)15;/h6-11,13H,4-5,12H2,1-3H3,(H2,18,20,21);1H. The van der Waals surface area contributed by atoms with E-state index < -0.39 is 0 Å². The van der Waals surface area contributed by atoms with Crippen molar-refractivity contribution in [2.75, 3.05) is 6.54 Å². The molecule has 22 heavy (non-hydrogen) atoms. The highest BCUT2D eigenvalue weighted by Gasteiger charge is 2.04. The molecule has 1 aromatic heterocycles. The third kappa shape index (κ3) is 5.12. The van der Waals surface area contributed by atoms with Crippen molar-refractivity contribution in [1.29, 1.82) is 0 Å². The fourth-order valence-corrected chi connectivity index (χ4v) is 2.11. The van der Waals surface area contributed by atoms with Crippen molar-refractivity contribution in [1.82, 2.24) is 15.6 Å². The average molecular weight is 412 g/mol. The molecule has 0 saturated heterocycles. The molecule has 1 unspecified atom stereocenters. The molecule has 4 nitrogen and oxygen atoms in total. The number of rotatable bonds is 5. The van der Waals surface area contributed by atoms with Gasteiger partial charge in [-0.15, -0.1) is 24.0 Å². The van der Waals surface area contributed by atoms with Gasteiger partial charge in [0.1, 0.15) is 0 Å². The number of guanidine groups is 1. The van der Waals surface area contributed by atoms with E-state index in [4.69, 9.17) is 0 Å². The third-order valence-corrected chi connectivity index (χ3v) is 3.46. The van der Waals surface area contributed by atoms with Crippen molar-refractivity contribution in [3.8, 4) is 0 Å². The summed E-state index contributed by atoms with van der Waals surface area (Å²) in [5, 5.41) is 7.85. The van der Waals surface area contributed by atoms with Crippen molar-refractivity contribution in [2.45, 2.75) is 39.8 Å². The first-order valence-electron chi connectivity index (χ1n) is 7.62. The first-order chi connectivity index (χ1) is 10.2. The number of nitrogens with one attached hydrogen (secondary N) is 2. The largest absolute Gasteiger partial charge is 0.357 e. The van der Waals surface area contributed by atoms with Gasteiger partial charge in [0.25, 0.3) is 0 Å². The Balaban J connectivity index is 0.00000242. The lowest BCUT2D eigenvalue weighted by Crippen LogP contribution is -2.41. The highest BCUT2D eigenvalue weighted by Crippen LogP contribution is 2.16. The summed E-state index contributed by atoms with van der Waals surface area (Å²) < 4.78 is 0. The van der Waals surface area contributed by atoms with Crippen LogP contribution in [0.15, 0.2) is 41.5 Å². The number of para-hydroxylation sites is 1. The highest BCUT2D eigenvalue weighted by atomic mass is 127. The molecule has 0 aliphatic heterocycles. The SMILES string of the molecule is CCNC(=NCc1cccc2cccnc12)NC(C)CC.I. The van der Waals surface area contributed by atoms with Crippen LogP contribution in [0.25, 0.3) is 10.9 Å². The highest BCUT2D eigenvalue weighted by molar-refractivity contribution is 14.0. The maximum atomic E-state index is 4.68. The van der Waals surface area contributed by atoms with Crippen LogP contribution in [-0.2, 0) is 6.54 Å². The monoisotopic (exact) mass is 412 g/mol. The molecule has 0 aliphatic rings. The molecule has 5 heteroatoms. The summed E-state index contributed by atoms with van der Waals surface area (Å²) in [6, 6.07) is 10.7. The summed E-state index contributed by atoms with van der Waals surface area (Å²) in [5.74, 6) is 0.861. The molecular weight excluding hydrogens is 387 g/mol. The van der Waals surface area contributed by atoms with Crippen molar-refractivity contribution in [3.05, 3.63) is 42.1 Å². The van der Waals surface area contributed by atoms with Gasteiger partial charge < -0.3 is 10.6 Å².